The smallest absolute Gasteiger partial charge is 0.279 e. The Morgan fingerprint density at radius 2 is 1.73 bits per heavy atom. The van der Waals surface area contributed by atoms with Crippen molar-refractivity contribution in [3.05, 3.63) is 76.9 Å². The second-order valence-corrected chi connectivity index (χ2v) is 7.71. The highest BCUT2D eigenvalue weighted by Gasteiger charge is 2.17. The lowest BCUT2D eigenvalue weighted by molar-refractivity contribution is 0.0846. The van der Waals surface area contributed by atoms with Crippen LogP contribution in [0, 0.1) is 5.82 Å². The minimum Gasteiger partial charge on any atom is -0.323 e. The number of fused-ring (bicyclic) bond motifs is 1. The van der Waals surface area contributed by atoms with Crippen molar-refractivity contribution in [2.24, 2.45) is 0 Å². The minimum atomic E-state index is -0.719. The van der Waals surface area contributed by atoms with Crippen LogP contribution in [0.25, 0.3) is 21.7 Å². The van der Waals surface area contributed by atoms with Crippen molar-refractivity contribution in [2.75, 3.05) is 0 Å². The highest BCUT2D eigenvalue weighted by atomic mass is 32.1. The number of hydrogen-bond donors (Lipinski definition) is 2. The van der Waals surface area contributed by atoms with Gasteiger partial charge in [0, 0.05) is 6.54 Å². The summed E-state index contributed by atoms with van der Waals surface area (Å²) in [5.74, 6) is -1.05. The maximum absolute atomic E-state index is 13.7. The number of thiophene rings is 1. The first-order valence-corrected chi connectivity index (χ1v) is 10.3. The molecule has 0 spiro atoms. The SMILES string of the molecule is CCCn1c(-c2ccc(C(=O)NNC(=O)c3ccccc3F)s2)nc2ccccc21. The molecule has 4 rings (SSSR count). The lowest BCUT2D eigenvalue weighted by Gasteiger charge is -2.07. The van der Waals surface area contributed by atoms with Gasteiger partial charge in [0.2, 0.25) is 0 Å². The summed E-state index contributed by atoms with van der Waals surface area (Å²) >= 11 is 1.28. The first kappa shape index (κ1) is 19.8. The van der Waals surface area contributed by atoms with E-state index in [0.717, 1.165) is 34.7 Å². The van der Waals surface area contributed by atoms with Gasteiger partial charge in [-0.1, -0.05) is 31.2 Å². The molecule has 0 bridgehead atoms. The largest absolute Gasteiger partial charge is 0.323 e. The Bertz CT molecular complexity index is 1230. The minimum absolute atomic E-state index is 0.141. The molecular weight excluding hydrogens is 403 g/mol. The highest BCUT2D eigenvalue weighted by molar-refractivity contribution is 7.17. The molecule has 8 heteroatoms. The van der Waals surface area contributed by atoms with E-state index in [1.807, 2.05) is 30.3 Å². The molecule has 0 fully saturated rings. The summed E-state index contributed by atoms with van der Waals surface area (Å²) in [6.07, 6.45) is 0.953. The predicted octanol–water partition coefficient (Wildman–Crippen LogP) is 4.39. The number of imidazole rings is 1. The third kappa shape index (κ3) is 3.81. The van der Waals surface area contributed by atoms with E-state index in [4.69, 9.17) is 4.98 Å². The van der Waals surface area contributed by atoms with Crippen LogP contribution < -0.4 is 10.9 Å². The number of nitrogens with zero attached hydrogens (tertiary/aromatic N) is 2. The van der Waals surface area contributed by atoms with Crippen molar-refractivity contribution < 1.29 is 14.0 Å². The monoisotopic (exact) mass is 422 g/mol. The van der Waals surface area contributed by atoms with Crippen LogP contribution in [0.1, 0.15) is 33.4 Å². The van der Waals surface area contributed by atoms with Crippen molar-refractivity contribution in [1.82, 2.24) is 20.4 Å². The first-order valence-electron chi connectivity index (χ1n) is 9.49. The van der Waals surface area contributed by atoms with Crippen molar-refractivity contribution in [2.45, 2.75) is 19.9 Å². The van der Waals surface area contributed by atoms with Crippen LogP contribution in [0.5, 0.6) is 0 Å². The number of carbonyl (C=O) groups is 2. The van der Waals surface area contributed by atoms with E-state index >= 15 is 0 Å². The normalized spacial score (nSPS) is 10.9. The predicted molar refractivity (Wildman–Crippen MR) is 115 cm³/mol. The number of nitrogens with one attached hydrogen (secondary N) is 2. The van der Waals surface area contributed by atoms with Gasteiger partial charge in [-0.2, -0.15) is 0 Å². The molecule has 6 nitrogen and oxygen atoms in total. The van der Waals surface area contributed by atoms with Gasteiger partial charge in [-0.15, -0.1) is 11.3 Å². The fourth-order valence-corrected chi connectivity index (χ4v) is 4.08. The number of para-hydroxylation sites is 2. The number of hydrazine groups is 1. The Morgan fingerprint density at radius 1 is 1.00 bits per heavy atom. The molecule has 0 saturated heterocycles. The van der Waals surface area contributed by atoms with Crippen molar-refractivity contribution in [1.29, 1.82) is 0 Å². The van der Waals surface area contributed by atoms with Gasteiger partial charge in [-0.25, -0.2) is 9.37 Å². The quantitative estimate of drug-likeness (QED) is 0.469. The lowest BCUT2D eigenvalue weighted by Crippen LogP contribution is -2.41. The van der Waals surface area contributed by atoms with Gasteiger partial charge in [0.25, 0.3) is 11.8 Å². The number of rotatable bonds is 5. The summed E-state index contributed by atoms with van der Waals surface area (Å²) in [6.45, 7) is 2.91. The maximum Gasteiger partial charge on any atom is 0.279 e. The molecule has 0 aliphatic carbocycles. The molecule has 2 amide bonds. The molecular formula is C22H19FN4O2S. The second-order valence-electron chi connectivity index (χ2n) is 6.63. The Balaban J connectivity index is 1.52. The highest BCUT2D eigenvalue weighted by Crippen LogP contribution is 2.30. The van der Waals surface area contributed by atoms with E-state index in [0.29, 0.717) is 4.88 Å². The van der Waals surface area contributed by atoms with Crippen LogP contribution in [0.15, 0.2) is 60.7 Å². The molecule has 2 aromatic heterocycles. The molecule has 0 unspecified atom stereocenters. The zero-order valence-corrected chi connectivity index (χ0v) is 17.0. The standard InChI is InChI=1S/C22H19FN4O2S/c1-2-13-27-17-10-6-5-9-16(17)24-20(27)18-11-12-19(30-18)22(29)26-25-21(28)14-7-3-4-8-15(14)23/h3-12H,2,13H2,1H3,(H,25,28)(H,26,29). The first-order chi connectivity index (χ1) is 14.6. The van der Waals surface area contributed by atoms with Crippen molar-refractivity contribution in [3.63, 3.8) is 0 Å². The zero-order valence-electron chi connectivity index (χ0n) is 16.2. The molecule has 2 heterocycles. The van der Waals surface area contributed by atoms with Crippen molar-refractivity contribution >= 4 is 34.2 Å². The fraction of sp³-hybridized carbons (Fsp3) is 0.136. The summed E-state index contributed by atoms with van der Waals surface area (Å²) in [4.78, 5) is 30.5. The Kier molecular flexibility index (Phi) is 5.58. The number of benzene rings is 2. The molecule has 2 aromatic carbocycles. The molecule has 4 aromatic rings. The summed E-state index contributed by atoms with van der Waals surface area (Å²) in [5.41, 5.74) is 6.39. The van der Waals surface area contributed by atoms with Gasteiger partial charge < -0.3 is 4.57 Å². The molecule has 0 radical (unpaired) electrons. The van der Waals surface area contributed by atoms with Crippen LogP contribution in [0.2, 0.25) is 0 Å². The third-order valence-corrected chi connectivity index (χ3v) is 5.64. The molecule has 0 aliphatic rings. The molecule has 2 N–H and O–H groups in total. The second kappa shape index (κ2) is 8.46. The third-order valence-electron chi connectivity index (χ3n) is 4.56. The van der Waals surface area contributed by atoms with Crippen LogP contribution >= 0.6 is 11.3 Å². The zero-order chi connectivity index (χ0) is 21.1. The maximum atomic E-state index is 13.7. The molecule has 0 atom stereocenters. The number of carbonyl (C=O) groups excluding carboxylic acids is 2. The van der Waals surface area contributed by atoms with Gasteiger partial charge >= 0.3 is 0 Å². The average molecular weight is 422 g/mol. The number of halogens is 1. The summed E-state index contributed by atoms with van der Waals surface area (Å²) in [5, 5.41) is 0. The Hall–Kier alpha value is -3.52. The summed E-state index contributed by atoms with van der Waals surface area (Å²) in [6, 6.07) is 17.0. The van der Waals surface area contributed by atoms with Gasteiger partial charge in [0.05, 0.1) is 26.4 Å². The number of aryl methyl sites for hydroxylation is 1. The van der Waals surface area contributed by atoms with E-state index in [1.165, 1.54) is 29.5 Å². The van der Waals surface area contributed by atoms with E-state index in [2.05, 4.69) is 22.3 Å². The molecule has 0 saturated carbocycles. The average Bonchev–Trinajstić information content (AvgIpc) is 3.38. The number of amides is 2. The lowest BCUT2D eigenvalue weighted by atomic mass is 10.2. The summed E-state index contributed by atoms with van der Waals surface area (Å²) < 4.78 is 15.8. The van der Waals surface area contributed by atoms with Gasteiger partial charge in [0.15, 0.2) is 5.82 Å². The van der Waals surface area contributed by atoms with Gasteiger partial charge in [-0.05, 0) is 42.8 Å². The Labute approximate surface area is 176 Å². The van der Waals surface area contributed by atoms with Gasteiger partial charge in [0.1, 0.15) is 5.82 Å². The van der Waals surface area contributed by atoms with E-state index in [1.54, 1.807) is 12.1 Å². The molecule has 30 heavy (non-hydrogen) atoms. The van der Waals surface area contributed by atoms with E-state index in [-0.39, 0.29) is 5.56 Å². The van der Waals surface area contributed by atoms with E-state index in [9.17, 15) is 14.0 Å². The summed E-state index contributed by atoms with van der Waals surface area (Å²) in [7, 11) is 0. The van der Waals surface area contributed by atoms with E-state index < -0.39 is 17.6 Å². The van der Waals surface area contributed by atoms with Crippen LogP contribution in [0.4, 0.5) is 4.39 Å². The number of aromatic nitrogens is 2. The molecule has 152 valence electrons. The number of hydrogen-bond acceptors (Lipinski definition) is 4. The van der Waals surface area contributed by atoms with Gasteiger partial charge in [-0.3, -0.25) is 20.4 Å². The molecule has 0 aliphatic heterocycles. The van der Waals surface area contributed by atoms with Crippen LogP contribution in [0.3, 0.4) is 0 Å². The van der Waals surface area contributed by atoms with Crippen molar-refractivity contribution in [3.8, 4) is 10.7 Å². The van der Waals surface area contributed by atoms with Crippen LogP contribution in [-0.2, 0) is 6.54 Å². The Morgan fingerprint density at radius 3 is 2.53 bits per heavy atom. The fourth-order valence-electron chi connectivity index (χ4n) is 3.18. The topological polar surface area (TPSA) is 76.0 Å². The van der Waals surface area contributed by atoms with Crippen LogP contribution in [-0.4, -0.2) is 21.4 Å².